The first-order chi connectivity index (χ1) is 51.0. The number of H-pyrrole nitrogens is 2. The van der Waals surface area contributed by atoms with Crippen molar-refractivity contribution >= 4 is 98.6 Å². The molecule has 0 saturated heterocycles. The molecule has 0 aliphatic carbocycles. The summed E-state index contributed by atoms with van der Waals surface area (Å²) in [5, 5.41) is 62.8. The molecule has 0 spiro atoms. The van der Waals surface area contributed by atoms with Crippen LogP contribution in [0.4, 0.5) is 0 Å². The van der Waals surface area contributed by atoms with Gasteiger partial charge in [0.2, 0.25) is 76.8 Å². The summed E-state index contributed by atoms with van der Waals surface area (Å²) in [4.78, 5) is 186. The fourth-order valence-corrected chi connectivity index (χ4v) is 11.5. The number of aromatic hydroxyl groups is 1. The Morgan fingerprint density at radius 1 is 0.439 bits per heavy atom. The average Bonchev–Trinajstić information content (AvgIpc) is 1.77. The molecular weight excluding hydrogens is 1380 g/mol. The number of phenols is 1. The molecule has 0 aliphatic heterocycles. The van der Waals surface area contributed by atoms with E-state index >= 15 is 0 Å². The number of carbonyl (C=O) groups excluding carboxylic acids is 13. The number of aliphatic hydroxyl groups excluding tert-OH is 2. The highest BCUT2D eigenvalue weighted by atomic mass is 16.3. The number of para-hydroxylation sites is 2. The first-order valence-corrected chi connectivity index (χ1v) is 36.2. The number of amides is 13. The quantitative estimate of drug-likeness (QED) is 0.0190. The second kappa shape index (κ2) is 44.4. The maximum atomic E-state index is 14.9. The molecule has 5 rings (SSSR count). The molecule has 586 valence electrons. The molecule has 0 radical (unpaired) electrons. The largest absolute Gasteiger partial charge is 0.508 e. The van der Waals surface area contributed by atoms with Gasteiger partial charge in [-0.15, -0.1) is 0 Å². The van der Waals surface area contributed by atoms with E-state index in [1.807, 2.05) is 26.0 Å². The smallest absolute Gasteiger partial charge is 0.245 e. The highest BCUT2D eigenvalue weighted by molar-refractivity contribution is 6.00. The highest BCUT2D eigenvalue weighted by Crippen LogP contribution is 2.22. The van der Waals surface area contributed by atoms with Crippen molar-refractivity contribution in [3.63, 3.8) is 0 Å². The van der Waals surface area contributed by atoms with Crippen LogP contribution in [0.25, 0.3) is 21.8 Å². The summed E-state index contributed by atoms with van der Waals surface area (Å²) in [5.74, 6) is -11.4. The number of rotatable bonds is 47. The third kappa shape index (κ3) is 28.0. The molecule has 13 amide bonds. The molecule has 34 nitrogen and oxygen atoms in total. The lowest BCUT2D eigenvalue weighted by molar-refractivity contribution is -0.137. The second-order valence-corrected chi connectivity index (χ2v) is 26.8. The number of phenolic OH excluding ortho intramolecular Hbond substituents is 1. The van der Waals surface area contributed by atoms with Crippen molar-refractivity contribution in [1.29, 1.82) is 0 Å². The van der Waals surface area contributed by atoms with Crippen LogP contribution < -0.4 is 86.7 Å². The van der Waals surface area contributed by atoms with Gasteiger partial charge in [0.25, 0.3) is 0 Å². The van der Waals surface area contributed by atoms with Crippen molar-refractivity contribution in [3.05, 3.63) is 102 Å². The zero-order chi connectivity index (χ0) is 78.9. The monoisotopic (exact) mass is 1490 g/mol. The number of carbonyl (C=O) groups is 13. The Balaban J connectivity index is 1.34. The Morgan fingerprint density at radius 2 is 0.860 bits per heavy atom. The number of hydrogen-bond acceptors (Lipinski definition) is 19. The van der Waals surface area contributed by atoms with Crippen molar-refractivity contribution < 1.29 is 77.6 Å². The van der Waals surface area contributed by atoms with E-state index < -0.39 is 163 Å². The number of aliphatic hydroxyl groups is 2. The van der Waals surface area contributed by atoms with Gasteiger partial charge >= 0.3 is 0 Å². The fourth-order valence-electron chi connectivity index (χ4n) is 11.5. The molecule has 2 heterocycles. The van der Waals surface area contributed by atoms with Crippen molar-refractivity contribution in [1.82, 2.24) is 73.8 Å². The Labute approximate surface area is 620 Å². The predicted octanol–water partition coefficient (Wildman–Crippen LogP) is -2.57. The van der Waals surface area contributed by atoms with Gasteiger partial charge in [-0.25, -0.2) is 0 Å². The van der Waals surface area contributed by atoms with Gasteiger partial charge in [-0.1, -0.05) is 89.1 Å². The third-order valence-electron chi connectivity index (χ3n) is 18.4. The molecule has 1 unspecified atom stereocenters. The van der Waals surface area contributed by atoms with Crippen molar-refractivity contribution in [3.8, 4) is 5.75 Å². The van der Waals surface area contributed by atoms with Crippen LogP contribution in [0.3, 0.4) is 0 Å². The lowest BCUT2D eigenvalue weighted by atomic mass is 9.97. The van der Waals surface area contributed by atoms with Crippen molar-refractivity contribution in [2.45, 2.75) is 192 Å². The zero-order valence-electron chi connectivity index (χ0n) is 61.5. The van der Waals surface area contributed by atoms with Gasteiger partial charge in [-0.2, -0.15) is 0 Å². The minimum absolute atomic E-state index is 0.0430. The number of nitrogens with one attached hydrogen (secondary N) is 14. The zero-order valence-corrected chi connectivity index (χ0v) is 61.5. The van der Waals surface area contributed by atoms with E-state index in [4.69, 9.17) is 22.9 Å². The van der Waals surface area contributed by atoms with E-state index in [1.165, 1.54) is 26.0 Å². The topological polar surface area (TPSA) is 563 Å². The van der Waals surface area contributed by atoms with E-state index in [1.54, 1.807) is 74.8 Å². The third-order valence-corrected chi connectivity index (χ3v) is 18.4. The Hall–Kier alpha value is -10.5. The molecule has 0 aliphatic rings. The highest BCUT2D eigenvalue weighted by Gasteiger charge is 2.37. The lowest BCUT2D eigenvalue weighted by Crippen LogP contribution is -2.62. The molecule has 107 heavy (non-hydrogen) atoms. The van der Waals surface area contributed by atoms with Gasteiger partial charge in [0, 0.05) is 59.9 Å². The van der Waals surface area contributed by atoms with Gasteiger partial charge in [0.1, 0.15) is 66.2 Å². The van der Waals surface area contributed by atoms with Gasteiger partial charge < -0.3 is 112 Å². The molecule has 34 heteroatoms. The summed E-state index contributed by atoms with van der Waals surface area (Å²) in [7, 11) is 0. The summed E-state index contributed by atoms with van der Waals surface area (Å²) in [6.07, 6.45) is 3.39. The standard InChI is InChI=1S/C73H108N18O16/c1-7-40(3)23-28-59(95)82-42(5)65(99)87-55(32-44-24-26-47(94)27-25-44)69(103)89-56(33-45-35-78-50-18-11-9-16-48(45)50)70(104)86-54(22-15-31-76)68(102)85-52(20-13-29-74)66(100)80-37-60(96)83-53(21-14-30-75)67(101)88-57(34-46-36-79-51-19-12-10-17-49(46)51)71(105)91-63(43(6)93)73(107)90-62(41(4)8-2)72(106)81-38-61(97)84-58(39-92)64(77)98/h9-12,16-19,24-27,35-36,40-43,52-58,62-63,78-79,92-94H,7-8,13-15,20-23,28-34,37-39,74-76H2,1-6H3,(H2,77,98)(H,80,100)(H,81,106)(H,82,95)(H,83,96)(H,84,97)(H,85,102)(H,86,104)(H,87,99)(H,88,101)(H,89,103)(H,90,107)(H,91,105)/t40?,41-,42+,43+,52-,53+,54+,55+,56+,57-,58-,62-,63-/m0/s1. The number of primary amides is 1. The molecular formula is C73H108N18O16. The Kier molecular flexibility index (Phi) is 36.2. The summed E-state index contributed by atoms with van der Waals surface area (Å²) in [6.45, 7) is 7.92. The molecule has 13 atom stereocenters. The fraction of sp³-hybridized carbons (Fsp3) is 0.521. The van der Waals surface area contributed by atoms with Crippen molar-refractivity contribution in [2.75, 3.05) is 39.3 Å². The summed E-state index contributed by atoms with van der Waals surface area (Å²) < 4.78 is 0. The van der Waals surface area contributed by atoms with Crippen LogP contribution in [0.5, 0.6) is 5.75 Å². The normalized spacial score (nSPS) is 14.9. The molecule has 5 aromatic rings. The van der Waals surface area contributed by atoms with Crippen LogP contribution in [0.2, 0.25) is 0 Å². The maximum Gasteiger partial charge on any atom is 0.245 e. The van der Waals surface area contributed by atoms with Crippen LogP contribution in [0.15, 0.2) is 85.2 Å². The molecule has 25 N–H and O–H groups in total. The minimum Gasteiger partial charge on any atom is -0.508 e. The van der Waals surface area contributed by atoms with Crippen LogP contribution in [0, 0.1) is 11.8 Å². The van der Waals surface area contributed by atoms with E-state index in [2.05, 4.69) is 73.8 Å². The summed E-state index contributed by atoms with van der Waals surface area (Å²) >= 11 is 0. The number of hydrogen-bond donors (Lipinski definition) is 21. The van der Waals surface area contributed by atoms with Crippen LogP contribution >= 0.6 is 0 Å². The lowest BCUT2D eigenvalue weighted by Gasteiger charge is -2.29. The summed E-state index contributed by atoms with van der Waals surface area (Å²) in [6, 6.07) is 6.05. The van der Waals surface area contributed by atoms with E-state index in [9.17, 15) is 77.6 Å². The summed E-state index contributed by atoms with van der Waals surface area (Å²) in [5.41, 5.74) is 26.0. The average molecular weight is 1490 g/mol. The number of fused-ring (bicyclic) bond motifs is 2. The van der Waals surface area contributed by atoms with Gasteiger partial charge in [-0.3, -0.25) is 62.3 Å². The predicted molar refractivity (Wildman–Crippen MR) is 398 cm³/mol. The van der Waals surface area contributed by atoms with Gasteiger partial charge in [0.15, 0.2) is 0 Å². The van der Waals surface area contributed by atoms with Gasteiger partial charge in [-0.05, 0) is 131 Å². The van der Waals surface area contributed by atoms with Gasteiger partial charge in [0.05, 0.1) is 25.8 Å². The van der Waals surface area contributed by atoms with Crippen LogP contribution in [-0.2, 0) is 81.6 Å². The SMILES string of the molecule is CCC(C)CCC(=O)N[C@H](C)C(=O)N[C@H](Cc1ccc(O)cc1)C(=O)N[C@H](Cc1c[nH]c2ccccc12)C(=O)N[C@H](CCCN)C(=O)N[C@@H](CCCN)C(=O)NCC(=O)N[C@H](CCCN)C(=O)N[C@@H](Cc1c[nH]c2ccccc12)C(=O)N[C@H](C(=O)N[C@H](C(=O)NCC(=O)N[C@@H](CO)C(N)=O)[C@@H](C)CC)[C@@H](C)O. The molecule has 0 bridgehead atoms. The van der Waals surface area contributed by atoms with E-state index in [0.29, 0.717) is 51.3 Å². The van der Waals surface area contributed by atoms with E-state index in [0.717, 1.165) is 6.42 Å². The van der Waals surface area contributed by atoms with Crippen LogP contribution in [0.1, 0.15) is 122 Å². The molecule has 3 aromatic carbocycles. The number of benzene rings is 3. The number of aromatic amines is 2. The number of aromatic nitrogens is 2. The number of nitrogens with two attached hydrogens (primary N) is 4. The van der Waals surface area contributed by atoms with Crippen molar-refractivity contribution in [2.24, 2.45) is 34.8 Å². The molecule has 0 saturated carbocycles. The minimum atomic E-state index is -1.76. The molecule has 0 fully saturated rings. The first-order valence-electron chi connectivity index (χ1n) is 36.2. The Bertz CT molecular complexity index is 3810. The first kappa shape index (κ1) is 87.1. The second-order valence-electron chi connectivity index (χ2n) is 26.8. The maximum absolute atomic E-state index is 14.9. The van der Waals surface area contributed by atoms with Crippen LogP contribution in [-0.4, -0.2) is 208 Å². The van der Waals surface area contributed by atoms with E-state index in [-0.39, 0.29) is 101 Å². The Morgan fingerprint density at radius 3 is 1.33 bits per heavy atom. The molecule has 2 aromatic heterocycles.